The summed E-state index contributed by atoms with van der Waals surface area (Å²) < 4.78 is 6.49. The smallest absolute Gasteiger partial charge is 0.309 e. The van der Waals surface area contributed by atoms with Gasteiger partial charge in [0.1, 0.15) is 0 Å². The van der Waals surface area contributed by atoms with Gasteiger partial charge in [0.25, 0.3) is 0 Å². The average Bonchev–Trinajstić information content (AvgIpc) is 2.66. The lowest BCUT2D eigenvalue weighted by Gasteiger charge is -2.17. The van der Waals surface area contributed by atoms with Crippen LogP contribution in [0, 0.1) is 18.8 Å². The van der Waals surface area contributed by atoms with Gasteiger partial charge in [-0.1, -0.05) is 13.8 Å². The molecule has 0 aliphatic heterocycles. The first kappa shape index (κ1) is 13.5. The van der Waals surface area contributed by atoms with Crippen molar-refractivity contribution in [3.05, 3.63) is 23.5 Å². The summed E-state index contributed by atoms with van der Waals surface area (Å²) in [6, 6.07) is 3.68. The van der Waals surface area contributed by atoms with Gasteiger partial charge in [0.15, 0.2) is 5.78 Å². The zero-order chi connectivity index (χ0) is 13.2. The second kappa shape index (κ2) is 5.17. The summed E-state index contributed by atoms with van der Waals surface area (Å²) in [6.07, 6.45) is 0. The molecule has 0 spiro atoms. The van der Waals surface area contributed by atoms with E-state index in [1.54, 1.807) is 19.9 Å². The van der Waals surface area contributed by atoms with Crippen molar-refractivity contribution < 1.29 is 14.3 Å². The van der Waals surface area contributed by atoms with Crippen LogP contribution in [0.3, 0.4) is 0 Å². The Labute approximate surface area is 102 Å². The number of carbonyl (C=O) groups excluding carboxylic acids is 2. The molecule has 2 atom stereocenters. The van der Waals surface area contributed by atoms with Crippen molar-refractivity contribution in [3.8, 4) is 0 Å². The van der Waals surface area contributed by atoms with Crippen molar-refractivity contribution in [2.75, 3.05) is 7.11 Å². The largest absolute Gasteiger partial charge is 0.469 e. The summed E-state index contributed by atoms with van der Waals surface area (Å²) in [4.78, 5) is 23.6. The number of hydrogen-bond donors (Lipinski definition) is 0. The lowest BCUT2D eigenvalue weighted by Crippen LogP contribution is -2.27. The van der Waals surface area contributed by atoms with Gasteiger partial charge in [0.05, 0.1) is 18.7 Å². The Kier molecular flexibility index (Phi) is 4.10. The molecule has 1 heterocycles. The predicted molar refractivity (Wildman–Crippen MR) is 64.8 cm³/mol. The molecule has 94 valence electrons. The van der Waals surface area contributed by atoms with Crippen LogP contribution in [0.25, 0.3) is 0 Å². The monoisotopic (exact) mass is 237 g/mol. The normalized spacial score (nSPS) is 14.2. The third-order valence-corrected chi connectivity index (χ3v) is 3.36. The maximum Gasteiger partial charge on any atom is 0.309 e. The summed E-state index contributed by atoms with van der Waals surface area (Å²) in [7, 11) is 3.18. The number of ketones is 1. The van der Waals surface area contributed by atoms with Crippen LogP contribution in [0.1, 0.15) is 30.0 Å². The van der Waals surface area contributed by atoms with E-state index in [0.29, 0.717) is 5.69 Å². The van der Waals surface area contributed by atoms with Crippen molar-refractivity contribution in [2.45, 2.75) is 20.8 Å². The van der Waals surface area contributed by atoms with Gasteiger partial charge in [-0.2, -0.15) is 0 Å². The summed E-state index contributed by atoms with van der Waals surface area (Å²) >= 11 is 0. The Morgan fingerprint density at radius 2 is 1.82 bits per heavy atom. The van der Waals surface area contributed by atoms with Crippen molar-refractivity contribution in [1.29, 1.82) is 0 Å². The fraction of sp³-hybridized carbons (Fsp3) is 0.538. The third-order valence-electron chi connectivity index (χ3n) is 3.36. The second-order valence-electron chi connectivity index (χ2n) is 4.38. The molecular weight excluding hydrogens is 218 g/mol. The zero-order valence-corrected chi connectivity index (χ0v) is 11.0. The molecule has 17 heavy (non-hydrogen) atoms. The summed E-state index contributed by atoms with van der Waals surface area (Å²) in [5.74, 6) is -1.19. The Morgan fingerprint density at radius 3 is 2.24 bits per heavy atom. The van der Waals surface area contributed by atoms with Gasteiger partial charge in [-0.3, -0.25) is 9.59 Å². The van der Waals surface area contributed by atoms with Crippen molar-refractivity contribution >= 4 is 11.8 Å². The Morgan fingerprint density at radius 1 is 1.24 bits per heavy atom. The highest BCUT2D eigenvalue weighted by molar-refractivity contribution is 5.98. The van der Waals surface area contributed by atoms with Crippen LogP contribution < -0.4 is 0 Å². The number of Topliss-reactive ketones (excluding diaryl/α,β-unsaturated/α-hetero) is 1. The number of ether oxygens (including phenoxy) is 1. The van der Waals surface area contributed by atoms with Gasteiger partial charge < -0.3 is 9.30 Å². The van der Waals surface area contributed by atoms with E-state index in [0.717, 1.165) is 5.69 Å². The second-order valence-corrected chi connectivity index (χ2v) is 4.38. The number of rotatable bonds is 4. The SMILES string of the molecule is COC(=O)C(C)C(C)C(=O)c1ccc(C)n1C. The van der Waals surface area contributed by atoms with Crippen LogP contribution >= 0.6 is 0 Å². The standard InChI is InChI=1S/C13H19NO3/c1-8-6-7-11(14(8)4)12(15)9(2)10(3)13(16)17-5/h6-7,9-10H,1-5H3. The van der Waals surface area contributed by atoms with Crippen LogP contribution in [0.15, 0.2) is 12.1 Å². The first-order valence-electron chi connectivity index (χ1n) is 5.64. The van der Waals surface area contributed by atoms with Gasteiger partial charge in [-0.25, -0.2) is 0 Å². The average molecular weight is 237 g/mol. The number of nitrogens with zero attached hydrogens (tertiary/aromatic N) is 1. The number of methoxy groups -OCH3 is 1. The van der Waals surface area contributed by atoms with Crippen LogP contribution in [0.5, 0.6) is 0 Å². The lowest BCUT2D eigenvalue weighted by atomic mass is 9.90. The van der Waals surface area contributed by atoms with E-state index in [1.165, 1.54) is 7.11 Å². The van der Waals surface area contributed by atoms with E-state index in [4.69, 9.17) is 0 Å². The minimum Gasteiger partial charge on any atom is -0.469 e. The highest BCUT2D eigenvalue weighted by atomic mass is 16.5. The summed E-state index contributed by atoms with van der Waals surface area (Å²) in [6.45, 7) is 5.40. The molecule has 0 saturated carbocycles. The molecule has 4 nitrogen and oxygen atoms in total. The molecule has 2 unspecified atom stereocenters. The predicted octanol–water partition coefficient (Wildman–Crippen LogP) is 1.96. The van der Waals surface area contributed by atoms with E-state index in [2.05, 4.69) is 4.74 Å². The molecule has 1 aromatic heterocycles. The lowest BCUT2D eigenvalue weighted by molar-refractivity contribution is -0.145. The van der Waals surface area contributed by atoms with Gasteiger partial charge in [-0.05, 0) is 19.1 Å². The minimum absolute atomic E-state index is 0.0292. The molecule has 0 N–H and O–H groups in total. The number of esters is 1. The van der Waals surface area contributed by atoms with E-state index in [9.17, 15) is 9.59 Å². The molecule has 0 aliphatic rings. The molecule has 0 radical (unpaired) electrons. The fourth-order valence-corrected chi connectivity index (χ4v) is 1.71. The first-order chi connectivity index (χ1) is 7.90. The maximum absolute atomic E-state index is 12.2. The van der Waals surface area contributed by atoms with Crippen molar-refractivity contribution in [1.82, 2.24) is 4.57 Å². The molecule has 4 heteroatoms. The summed E-state index contributed by atoms with van der Waals surface area (Å²) in [5, 5.41) is 0. The molecule has 0 amide bonds. The van der Waals surface area contributed by atoms with Gasteiger partial charge in [0, 0.05) is 18.7 Å². The molecule has 0 aliphatic carbocycles. The summed E-state index contributed by atoms with van der Waals surface area (Å²) in [5.41, 5.74) is 1.65. The fourth-order valence-electron chi connectivity index (χ4n) is 1.71. The highest BCUT2D eigenvalue weighted by Crippen LogP contribution is 2.19. The van der Waals surface area contributed by atoms with E-state index >= 15 is 0 Å². The van der Waals surface area contributed by atoms with Gasteiger partial charge >= 0.3 is 5.97 Å². The van der Waals surface area contributed by atoms with Crippen molar-refractivity contribution in [3.63, 3.8) is 0 Å². The molecule has 1 aromatic rings. The number of hydrogen-bond acceptors (Lipinski definition) is 3. The van der Waals surface area contributed by atoms with E-state index in [-0.39, 0.29) is 17.7 Å². The van der Waals surface area contributed by atoms with Gasteiger partial charge in [0.2, 0.25) is 0 Å². The van der Waals surface area contributed by atoms with Gasteiger partial charge in [-0.15, -0.1) is 0 Å². The zero-order valence-electron chi connectivity index (χ0n) is 11.0. The Balaban J connectivity index is 2.91. The topological polar surface area (TPSA) is 48.3 Å². The van der Waals surface area contributed by atoms with Crippen LogP contribution in [-0.2, 0) is 16.6 Å². The van der Waals surface area contributed by atoms with Crippen LogP contribution in [0.2, 0.25) is 0 Å². The molecule has 0 saturated heterocycles. The molecule has 1 rings (SSSR count). The molecule has 0 bridgehead atoms. The minimum atomic E-state index is -0.428. The Bertz CT molecular complexity index is 434. The van der Waals surface area contributed by atoms with Crippen LogP contribution in [0.4, 0.5) is 0 Å². The molecule has 0 aromatic carbocycles. The maximum atomic E-state index is 12.2. The van der Waals surface area contributed by atoms with Crippen molar-refractivity contribution in [2.24, 2.45) is 18.9 Å². The molecular formula is C13H19NO3. The van der Waals surface area contributed by atoms with E-state index in [1.807, 2.05) is 24.6 Å². The number of aromatic nitrogens is 1. The quantitative estimate of drug-likeness (QED) is 0.594. The number of carbonyl (C=O) groups is 2. The van der Waals surface area contributed by atoms with E-state index < -0.39 is 5.92 Å². The first-order valence-corrected chi connectivity index (χ1v) is 5.64. The molecule has 0 fully saturated rings. The third kappa shape index (κ3) is 2.57. The number of aryl methyl sites for hydroxylation is 1. The van der Waals surface area contributed by atoms with Crippen LogP contribution in [-0.4, -0.2) is 23.4 Å². The Hall–Kier alpha value is -1.58. The highest BCUT2D eigenvalue weighted by Gasteiger charge is 2.28.